The summed E-state index contributed by atoms with van der Waals surface area (Å²) in [5.41, 5.74) is 2.19. The van der Waals surface area contributed by atoms with Gasteiger partial charge in [-0.05, 0) is 23.3 Å². The van der Waals surface area contributed by atoms with Crippen molar-refractivity contribution in [2.45, 2.75) is 0 Å². The fourth-order valence-corrected chi connectivity index (χ4v) is 0.818. The van der Waals surface area contributed by atoms with Crippen LogP contribution in [0.15, 0.2) is 31.4 Å². The maximum atomic E-state index is 3.68. The molecule has 0 saturated carbocycles. The van der Waals surface area contributed by atoms with Crippen LogP contribution in [0.1, 0.15) is 11.1 Å². The Hall–Kier alpha value is -1.30. The Morgan fingerprint density at radius 2 is 1.90 bits per heavy atom. The SMILES string of the molecule is C=Cc1c[c]ccc1C=C. The first-order valence-electron chi connectivity index (χ1n) is 3.13. The van der Waals surface area contributed by atoms with Gasteiger partial charge in [0.15, 0.2) is 0 Å². The average Bonchev–Trinajstić information content (AvgIpc) is 2.04. The molecule has 0 bridgehead atoms. The van der Waals surface area contributed by atoms with Gasteiger partial charge in [-0.3, -0.25) is 0 Å². The lowest BCUT2D eigenvalue weighted by atomic mass is 10.1. The third-order valence-corrected chi connectivity index (χ3v) is 1.37. The fraction of sp³-hybridized carbons (Fsp3) is 0. The molecule has 0 unspecified atom stereocenters. The minimum atomic E-state index is 1.08. The van der Waals surface area contributed by atoms with Crippen LogP contribution < -0.4 is 0 Å². The maximum Gasteiger partial charge on any atom is -0.0177 e. The first-order valence-corrected chi connectivity index (χ1v) is 3.13. The molecule has 1 rings (SSSR count). The van der Waals surface area contributed by atoms with Crippen molar-refractivity contribution in [1.82, 2.24) is 0 Å². The molecule has 0 aliphatic rings. The Kier molecular flexibility index (Phi) is 2.06. The van der Waals surface area contributed by atoms with Crippen LogP contribution in [-0.2, 0) is 0 Å². The zero-order valence-corrected chi connectivity index (χ0v) is 5.80. The van der Waals surface area contributed by atoms with E-state index in [1.807, 2.05) is 24.3 Å². The zero-order valence-electron chi connectivity index (χ0n) is 5.80. The van der Waals surface area contributed by atoms with Crippen molar-refractivity contribution < 1.29 is 0 Å². The van der Waals surface area contributed by atoms with Crippen LogP contribution in [0.25, 0.3) is 12.2 Å². The van der Waals surface area contributed by atoms with E-state index in [1.165, 1.54) is 0 Å². The van der Waals surface area contributed by atoms with E-state index in [-0.39, 0.29) is 0 Å². The van der Waals surface area contributed by atoms with Gasteiger partial charge < -0.3 is 0 Å². The normalized spacial score (nSPS) is 8.80. The summed E-state index contributed by atoms with van der Waals surface area (Å²) in [6, 6.07) is 8.69. The molecule has 0 heteroatoms. The summed E-state index contributed by atoms with van der Waals surface area (Å²) >= 11 is 0. The Balaban J connectivity index is 3.20. The smallest absolute Gasteiger partial charge is 0.0177 e. The van der Waals surface area contributed by atoms with Gasteiger partial charge >= 0.3 is 0 Å². The molecular formula is C10H9. The minimum Gasteiger partial charge on any atom is -0.0984 e. The molecule has 1 aromatic rings. The predicted octanol–water partition coefficient (Wildman–Crippen LogP) is 2.77. The van der Waals surface area contributed by atoms with Gasteiger partial charge in [-0.25, -0.2) is 0 Å². The predicted molar refractivity (Wildman–Crippen MR) is 45.5 cm³/mol. The largest absolute Gasteiger partial charge is 0.0984 e. The highest BCUT2D eigenvalue weighted by Gasteiger charge is 1.89. The molecule has 0 aliphatic carbocycles. The van der Waals surface area contributed by atoms with Gasteiger partial charge in [0, 0.05) is 0 Å². The van der Waals surface area contributed by atoms with E-state index in [4.69, 9.17) is 0 Å². The monoisotopic (exact) mass is 129 g/mol. The number of hydrogen-bond acceptors (Lipinski definition) is 0. The number of benzene rings is 1. The van der Waals surface area contributed by atoms with E-state index in [9.17, 15) is 0 Å². The second-order valence-corrected chi connectivity index (χ2v) is 1.96. The van der Waals surface area contributed by atoms with E-state index in [2.05, 4.69) is 19.2 Å². The van der Waals surface area contributed by atoms with Crippen LogP contribution in [0.2, 0.25) is 0 Å². The van der Waals surface area contributed by atoms with Crippen LogP contribution >= 0.6 is 0 Å². The molecule has 0 N–H and O–H groups in total. The van der Waals surface area contributed by atoms with E-state index in [0.29, 0.717) is 0 Å². The van der Waals surface area contributed by atoms with Crippen molar-refractivity contribution in [3.63, 3.8) is 0 Å². The summed E-state index contributed by atoms with van der Waals surface area (Å²) in [6.07, 6.45) is 3.61. The van der Waals surface area contributed by atoms with Gasteiger partial charge in [0.25, 0.3) is 0 Å². The Morgan fingerprint density at radius 3 is 2.40 bits per heavy atom. The van der Waals surface area contributed by atoms with Gasteiger partial charge in [-0.2, -0.15) is 0 Å². The highest BCUT2D eigenvalue weighted by Crippen LogP contribution is 2.09. The van der Waals surface area contributed by atoms with Crippen LogP contribution in [-0.4, -0.2) is 0 Å². The standard InChI is InChI=1S/C10H9/c1-3-9-7-5-6-8-10(9)4-2/h3-5,7-8H,1-2H2. The van der Waals surface area contributed by atoms with E-state index in [0.717, 1.165) is 11.1 Å². The Labute approximate surface area is 61.5 Å². The molecule has 0 amide bonds. The Bertz CT molecular complexity index is 219. The quantitative estimate of drug-likeness (QED) is 0.576. The van der Waals surface area contributed by atoms with E-state index < -0.39 is 0 Å². The molecule has 49 valence electrons. The lowest BCUT2D eigenvalue weighted by molar-refractivity contribution is 1.61. The maximum absolute atomic E-state index is 3.68. The van der Waals surface area contributed by atoms with E-state index in [1.54, 1.807) is 6.08 Å². The molecule has 0 fully saturated rings. The summed E-state index contributed by atoms with van der Waals surface area (Å²) in [5, 5.41) is 0. The molecule has 1 radical (unpaired) electrons. The molecule has 10 heavy (non-hydrogen) atoms. The highest BCUT2D eigenvalue weighted by atomic mass is 13.9. The van der Waals surface area contributed by atoms with Gasteiger partial charge in [0.05, 0.1) is 0 Å². The lowest BCUT2D eigenvalue weighted by Gasteiger charge is -1.96. The molecule has 0 saturated heterocycles. The minimum absolute atomic E-state index is 1.08. The van der Waals surface area contributed by atoms with Gasteiger partial charge in [0.2, 0.25) is 0 Å². The molecule has 0 spiro atoms. The summed E-state index contributed by atoms with van der Waals surface area (Å²) in [7, 11) is 0. The van der Waals surface area contributed by atoms with Crippen molar-refractivity contribution in [2.75, 3.05) is 0 Å². The number of hydrogen-bond donors (Lipinski definition) is 0. The molecule has 0 nitrogen and oxygen atoms in total. The van der Waals surface area contributed by atoms with Crippen LogP contribution in [0, 0.1) is 6.07 Å². The van der Waals surface area contributed by atoms with Crippen molar-refractivity contribution in [3.8, 4) is 0 Å². The van der Waals surface area contributed by atoms with Gasteiger partial charge in [0.1, 0.15) is 0 Å². The molecule has 0 heterocycles. The molecule has 0 aromatic heterocycles. The van der Waals surface area contributed by atoms with Crippen LogP contribution in [0.4, 0.5) is 0 Å². The summed E-state index contributed by atoms with van der Waals surface area (Å²) in [4.78, 5) is 0. The summed E-state index contributed by atoms with van der Waals surface area (Å²) in [6.45, 7) is 7.35. The zero-order chi connectivity index (χ0) is 7.40. The summed E-state index contributed by atoms with van der Waals surface area (Å²) < 4.78 is 0. The van der Waals surface area contributed by atoms with Crippen molar-refractivity contribution in [2.24, 2.45) is 0 Å². The van der Waals surface area contributed by atoms with Crippen LogP contribution in [0.5, 0.6) is 0 Å². The highest BCUT2D eigenvalue weighted by molar-refractivity contribution is 5.62. The van der Waals surface area contributed by atoms with Crippen molar-refractivity contribution in [1.29, 1.82) is 0 Å². The van der Waals surface area contributed by atoms with Crippen LogP contribution in [0.3, 0.4) is 0 Å². The average molecular weight is 129 g/mol. The first-order chi connectivity index (χ1) is 4.88. The molecule has 1 aromatic carbocycles. The number of rotatable bonds is 2. The molecule has 0 aliphatic heterocycles. The van der Waals surface area contributed by atoms with Gasteiger partial charge in [-0.1, -0.05) is 37.4 Å². The first kappa shape index (κ1) is 6.81. The Morgan fingerprint density at radius 1 is 1.20 bits per heavy atom. The topological polar surface area (TPSA) is 0 Å². The second kappa shape index (κ2) is 3.02. The third-order valence-electron chi connectivity index (χ3n) is 1.37. The summed E-state index contributed by atoms with van der Waals surface area (Å²) in [5.74, 6) is 0. The van der Waals surface area contributed by atoms with Crippen molar-refractivity contribution in [3.05, 3.63) is 48.6 Å². The van der Waals surface area contributed by atoms with E-state index >= 15 is 0 Å². The molecular weight excluding hydrogens is 120 g/mol. The lowest BCUT2D eigenvalue weighted by Crippen LogP contribution is -1.76. The van der Waals surface area contributed by atoms with Crippen molar-refractivity contribution >= 4 is 12.2 Å². The molecule has 0 atom stereocenters. The third kappa shape index (κ3) is 1.16. The van der Waals surface area contributed by atoms with Gasteiger partial charge in [-0.15, -0.1) is 0 Å². The fourth-order valence-electron chi connectivity index (χ4n) is 0.818. The second-order valence-electron chi connectivity index (χ2n) is 1.96.